The van der Waals surface area contributed by atoms with Gasteiger partial charge in [-0.25, -0.2) is 18.9 Å². The molecule has 0 unspecified atom stereocenters. The van der Waals surface area contributed by atoms with Gasteiger partial charge in [-0.05, 0) is 78.9 Å². The van der Waals surface area contributed by atoms with Gasteiger partial charge in [0.1, 0.15) is 17.9 Å². The molecule has 1 N–H and O–H groups in total. The summed E-state index contributed by atoms with van der Waals surface area (Å²) >= 11 is 1.32. The van der Waals surface area contributed by atoms with E-state index in [2.05, 4.69) is 25.1 Å². The number of carbonyl (C=O) groups excluding carboxylic acids is 1. The van der Waals surface area contributed by atoms with Gasteiger partial charge in [0.05, 0.1) is 11.4 Å². The second kappa shape index (κ2) is 12.9. The number of alkyl halides is 3. The van der Waals surface area contributed by atoms with Gasteiger partial charge in [0.2, 0.25) is 0 Å². The predicted octanol–water partition coefficient (Wildman–Crippen LogP) is 7.93. The minimum atomic E-state index is -4.76. The third-order valence-corrected chi connectivity index (χ3v) is 7.71. The van der Waals surface area contributed by atoms with E-state index in [0.717, 1.165) is 33.6 Å². The Hall–Kier alpha value is -5.04. The van der Waals surface area contributed by atoms with Gasteiger partial charge in [-0.2, -0.15) is 4.99 Å². The molecule has 2 heterocycles. The van der Waals surface area contributed by atoms with Crippen LogP contribution in [0.15, 0.2) is 89.6 Å². The molecule has 45 heavy (non-hydrogen) atoms. The molecule has 0 bridgehead atoms. The molecule has 0 fully saturated rings. The molecule has 232 valence electrons. The lowest BCUT2D eigenvalue weighted by Gasteiger charge is -2.15. The summed E-state index contributed by atoms with van der Waals surface area (Å²) in [7, 11) is 0. The number of urea groups is 1. The average Bonchev–Trinajstić information content (AvgIpc) is 3.63. The van der Waals surface area contributed by atoms with Crippen LogP contribution in [0.2, 0.25) is 0 Å². The molecule has 5 aromatic rings. The van der Waals surface area contributed by atoms with Crippen LogP contribution in [0.1, 0.15) is 43.5 Å². The number of allylic oxidation sites excluding steroid dienone is 1. The first-order valence-corrected chi connectivity index (χ1v) is 14.6. The Kier molecular flexibility index (Phi) is 9.00. The predicted molar refractivity (Wildman–Crippen MR) is 164 cm³/mol. The summed E-state index contributed by atoms with van der Waals surface area (Å²) < 4.78 is 58.4. The van der Waals surface area contributed by atoms with E-state index in [1.807, 2.05) is 61.9 Å². The topological polar surface area (TPSA) is 86.3 Å². The van der Waals surface area contributed by atoms with Gasteiger partial charge in [0, 0.05) is 22.8 Å². The van der Waals surface area contributed by atoms with Crippen molar-refractivity contribution in [2.24, 2.45) is 4.99 Å². The molecule has 0 aliphatic heterocycles. The summed E-state index contributed by atoms with van der Waals surface area (Å²) in [4.78, 5) is 21.8. The van der Waals surface area contributed by atoms with Gasteiger partial charge < -0.3 is 10.1 Å². The monoisotopic (exact) mass is 636 g/mol. The second-order valence-electron chi connectivity index (χ2n) is 10.4. The van der Waals surface area contributed by atoms with Gasteiger partial charge in [-0.15, -0.1) is 29.6 Å². The molecule has 0 atom stereocenters. The van der Waals surface area contributed by atoms with Crippen molar-refractivity contribution in [2.75, 3.05) is 0 Å². The maximum Gasteiger partial charge on any atom is 0.573 e. The first-order chi connectivity index (χ1) is 21.4. The zero-order valence-corrected chi connectivity index (χ0v) is 25.4. The summed E-state index contributed by atoms with van der Waals surface area (Å²) in [5.41, 5.74) is 5.32. The number of carbonyl (C=O) groups is 1. The molecule has 0 spiro atoms. The minimum Gasteiger partial charge on any atom is -0.406 e. The molecule has 8 nitrogen and oxygen atoms in total. The highest BCUT2D eigenvalue weighted by Crippen LogP contribution is 2.26. The summed E-state index contributed by atoms with van der Waals surface area (Å²) in [6.45, 7) is 7.71. The Morgan fingerprint density at radius 1 is 1.07 bits per heavy atom. The Labute approximate surface area is 260 Å². The standard InChI is InChI=1S/C32H28F4N6O2S/c1-19(2)27-15-24(33)9-14-28(27)42-21(4)17-45-31(42)39-30(43)37-16-20(3)22-5-7-23(8-6-22)29-38-18-41(40-29)25-10-12-26(13-11-25)44-32(34,35)36/h5-19H,1-4H3,(H,37,43)/b20-16+,39-31-. The van der Waals surface area contributed by atoms with E-state index in [0.29, 0.717) is 16.3 Å². The number of halogens is 4. The van der Waals surface area contributed by atoms with Crippen LogP contribution >= 0.6 is 11.3 Å². The summed E-state index contributed by atoms with van der Waals surface area (Å²) in [6.07, 6.45) is -1.73. The van der Waals surface area contributed by atoms with E-state index in [1.165, 1.54) is 58.7 Å². The summed E-state index contributed by atoms with van der Waals surface area (Å²) in [5.74, 6) is -0.160. The van der Waals surface area contributed by atoms with Crippen molar-refractivity contribution in [2.45, 2.75) is 40.0 Å². The molecule has 2 aromatic heterocycles. The number of aryl methyl sites for hydroxylation is 1. The molecule has 0 saturated carbocycles. The highest BCUT2D eigenvalue weighted by atomic mass is 32.1. The quantitative estimate of drug-likeness (QED) is 0.184. The molecule has 5 rings (SSSR count). The van der Waals surface area contributed by atoms with Crippen molar-refractivity contribution in [1.29, 1.82) is 0 Å². The van der Waals surface area contributed by atoms with Gasteiger partial charge in [0.25, 0.3) is 0 Å². The van der Waals surface area contributed by atoms with E-state index in [1.54, 1.807) is 12.3 Å². The van der Waals surface area contributed by atoms with Crippen LogP contribution in [0.3, 0.4) is 0 Å². The first-order valence-electron chi connectivity index (χ1n) is 13.8. The number of thiazole rings is 1. The number of amides is 2. The maximum absolute atomic E-state index is 14.0. The molecule has 0 saturated heterocycles. The molecule has 0 aliphatic rings. The minimum absolute atomic E-state index is 0.0649. The van der Waals surface area contributed by atoms with Gasteiger partial charge in [-0.3, -0.25) is 4.57 Å². The zero-order valence-electron chi connectivity index (χ0n) is 24.6. The normalized spacial score (nSPS) is 12.6. The Morgan fingerprint density at radius 3 is 2.44 bits per heavy atom. The number of rotatable bonds is 7. The summed E-state index contributed by atoms with van der Waals surface area (Å²) in [5, 5.41) is 9.02. The fourth-order valence-electron chi connectivity index (χ4n) is 4.53. The maximum atomic E-state index is 14.0. The van der Waals surface area contributed by atoms with Crippen LogP contribution in [0.5, 0.6) is 5.75 Å². The fraction of sp³-hybridized carbons (Fsp3) is 0.188. The van der Waals surface area contributed by atoms with Gasteiger partial charge in [-0.1, -0.05) is 38.1 Å². The molecular weight excluding hydrogens is 608 g/mol. The van der Waals surface area contributed by atoms with Gasteiger partial charge in [0.15, 0.2) is 10.6 Å². The largest absolute Gasteiger partial charge is 0.573 e. The van der Waals surface area contributed by atoms with Crippen LogP contribution in [0.4, 0.5) is 22.4 Å². The van der Waals surface area contributed by atoms with Crippen LogP contribution in [0, 0.1) is 12.7 Å². The van der Waals surface area contributed by atoms with Crippen LogP contribution in [-0.2, 0) is 0 Å². The number of ether oxygens (including phenoxy) is 1. The first kappa shape index (κ1) is 31.4. The zero-order chi connectivity index (χ0) is 32.3. The van der Waals surface area contributed by atoms with Crippen LogP contribution in [-0.4, -0.2) is 31.7 Å². The highest BCUT2D eigenvalue weighted by molar-refractivity contribution is 7.07. The summed E-state index contributed by atoms with van der Waals surface area (Å²) in [6, 6.07) is 16.7. The number of nitrogens with zero attached hydrogens (tertiary/aromatic N) is 5. The Balaban J connectivity index is 1.28. The number of benzene rings is 3. The van der Waals surface area contributed by atoms with Crippen molar-refractivity contribution >= 4 is 22.9 Å². The van der Waals surface area contributed by atoms with Crippen molar-refractivity contribution in [3.8, 4) is 28.5 Å². The number of aromatic nitrogens is 4. The van der Waals surface area contributed by atoms with Crippen LogP contribution < -0.4 is 14.9 Å². The van der Waals surface area contributed by atoms with Crippen molar-refractivity contribution < 1.29 is 27.1 Å². The number of nitrogens with one attached hydrogen (secondary N) is 1. The lowest BCUT2D eigenvalue weighted by molar-refractivity contribution is -0.274. The lowest BCUT2D eigenvalue weighted by Crippen LogP contribution is -2.22. The number of hydrogen-bond donors (Lipinski definition) is 1. The smallest absolute Gasteiger partial charge is 0.406 e. The van der Waals surface area contributed by atoms with E-state index >= 15 is 0 Å². The van der Waals surface area contributed by atoms with Crippen LogP contribution in [0.25, 0.3) is 28.3 Å². The molecule has 2 amide bonds. The van der Waals surface area contributed by atoms with E-state index in [9.17, 15) is 22.4 Å². The fourth-order valence-corrected chi connectivity index (χ4v) is 5.39. The third-order valence-electron chi connectivity index (χ3n) is 6.77. The van der Waals surface area contributed by atoms with Crippen molar-refractivity contribution in [1.82, 2.24) is 24.6 Å². The lowest BCUT2D eigenvalue weighted by atomic mass is 10.0. The molecule has 0 radical (unpaired) electrons. The molecular formula is C32H28F4N6O2S. The third kappa shape index (κ3) is 7.55. The van der Waals surface area contributed by atoms with E-state index < -0.39 is 12.4 Å². The molecule has 13 heteroatoms. The highest BCUT2D eigenvalue weighted by Gasteiger charge is 2.31. The SMILES string of the molecule is C/C(=C\NC(=O)/N=c1\scc(C)n1-c1ccc(F)cc1C(C)C)c1ccc(-c2ncn(-c3ccc(OC(F)(F)F)cc3)n2)cc1. The van der Waals surface area contributed by atoms with Gasteiger partial charge >= 0.3 is 12.4 Å². The van der Waals surface area contributed by atoms with E-state index in [-0.39, 0.29) is 17.5 Å². The second-order valence-corrected chi connectivity index (χ2v) is 11.2. The average molecular weight is 637 g/mol. The Bertz CT molecular complexity index is 1920. The van der Waals surface area contributed by atoms with Crippen molar-refractivity contribution in [3.63, 3.8) is 0 Å². The number of hydrogen-bond acceptors (Lipinski definition) is 5. The Morgan fingerprint density at radius 2 is 1.78 bits per heavy atom. The van der Waals surface area contributed by atoms with E-state index in [4.69, 9.17) is 0 Å². The van der Waals surface area contributed by atoms with Crippen molar-refractivity contribution in [3.05, 3.63) is 112 Å². The molecule has 0 aliphatic carbocycles. The molecule has 3 aromatic carbocycles.